The topological polar surface area (TPSA) is 71.5 Å². The molecule has 0 unspecified atom stereocenters. The van der Waals surface area contributed by atoms with E-state index in [1.807, 2.05) is 43.3 Å². The average Bonchev–Trinajstić information content (AvgIpc) is 2.57. The third-order valence-corrected chi connectivity index (χ3v) is 3.90. The normalized spacial score (nSPS) is 16.3. The van der Waals surface area contributed by atoms with Crippen molar-refractivity contribution in [3.63, 3.8) is 0 Å². The third kappa shape index (κ3) is 3.22. The lowest BCUT2D eigenvalue weighted by Gasteiger charge is -2.32. The van der Waals surface area contributed by atoms with E-state index < -0.39 is 6.10 Å². The van der Waals surface area contributed by atoms with Crippen LogP contribution in [0.15, 0.2) is 42.6 Å². The fourth-order valence-electron chi connectivity index (χ4n) is 2.61. The van der Waals surface area contributed by atoms with Gasteiger partial charge in [0, 0.05) is 19.2 Å². The van der Waals surface area contributed by atoms with Crippen molar-refractivity contribution in [2.75, 3.05) is 16.8 Å². The minimum atomic E-state index is -0.555. The van der Waals surface area contributed by atoms with Crippen LogP contribution in [0.1, 0.15) is 18.9 Å². The minimum Gasteiger partial charge on any atom is -0.479 e. The summed E-state index contributed by atoms with van der Waals surface area (Å²) in [6.45, 7) is 3.88. The molecule has 24 heavy (non-hydrogen) atoms. The van der Waals surface area contributed by atoms with Gasteiger partial charge in [0.1, 0.15) is 11.6 Å². The van der Waals surface area contributed by atoms with E-state index in [1.165, 1.54) is 0 Å². The summed E-state index contributed by atoms with van der Waals surface area (Å²) < 4.78 is 5.59. The predicted molar refractivity (Wildman–Crippen MR) is 91.1 cm³/mol. The molecule has 1 aromatic carbocycles. The van der Waals surface area contributed by atoms with Gasteiger partial charge in [0.05, 0.1) is 5.69 Å². The zero-order valence-corrected chi connectivity index (χ0v) is 13.7. The van der Waals surface area contributed by atoms with Crippen molar-refractivity contribution in [3.05, 3.63) is 48.2 Å². The number of hydrogen-bond donors (Lipinski definition) is 1. The lowest BCUT2D eigenvalue weighted by molar-refractivity contribution is -0.125. The molecular weight excluding hydrogens is 306 g/mol. The van der Waals surface area contributed by atoms with E-state index in [2.05, 4.69) is 10.3 Å². The standard InChI is InChI=1S/C18H19N3O3/c1-12-6-5-10-19-17(12)20-16(22)9-11-21-14-7-3-4-8-15(14)24-13(2)18(21)23/h3-8,10,13H,9,11H2,1-2H3,(H,19,20,22)/t13-/m1/s1. The summed E-state index contributed by atoms with van der Waals surface area (Å²) in [5.41, 5.74) is 1.59. The smallest absolute Gasteiger partial charge is 0.267 e. The van der Waals surface area contributed by atoms with E-state index in [-0.39, 0.29) is 18.2 Å². The Balaban J connectivity index is 1.68. The zero-order valence-electron chi connectivity index (χ0n) is 13.7. The van der Waals surface area contributed by atoms with Gasteiger partial charge in [0.2, 0.25) is 5.91 Å². The largest absolute Gasteiger partial charge is 0.479 e. The highest BCUT2D eigenvalue weighted by molar-refractivity contribution is 6.00. The number of ether oxygens (including phenoxy) is 1. The summed E-state index contributed by atoms with van der Waals surface area (Å²) in [6.07, 6.45) is 1.26. The maximum atomic E-state index is 12.4. The van der Waals surface area contributed by atoms with E-state index >= 15 is 0 Å². The van der Waals surface area contributed by atoms with Crippen LogP contribution in [0.4, 0.5) is 11.5 Å². The molecule has 2 heterocycles. The summed E-state index contributed by atoms with van der Waals surface area (Å²) in [7, 11) is 0. The number of amides is 2. The highest BCUT2D eigenvalue weighted by Gasteiger charge is 2.31. The fourth-order valence-corrected chi connectivity index (χ4v) is 2.61. The van der Waals surface area contributed by atoms with Crippen LogP contribution < -0.4 is 15.0 Å². The molecule has 0 spiro atoms. The molecule has 2 amide bonds. The van der Waals surface area contributed by atoms with Gasteiger partial charge in [-0.15, -0.1) is 0 Å². The Morgan fingerprint density at radius 3 is 2.88 bits per heavy atom. The lowest BCUT2D eigenvalue weighted by Crippen LogP contribution is -2.45. The molecule has 2 aromatic rings. The first-order valence-electron chi connectivity index (χ1n) is 7.85. The molecule has 3 rings (SSSR count). The molecule has 124 valence electrons. The minimum absolute atomic E-state index is 0.143. The maximum Gasteiger partial charge on any atom is 0.267 e. The van der Waals surface area contributed by atoms with Crippen LogP contribution in [0.5, 0.6) is 5.75 Å². The number of rotatable bonds is 4. The highest BCUT2D eigenvalue weighted by Crippen LogP contribution is 2.33. The molecule has 6 nitrogen and oxygen atoms in total. The Labute approximate surface area is 140 Å². The van der Waals surface area contributed by atoms with Crippen LogP contribution in [0.2, 0.25) is 0 Å². The van der Waals surface area contributed by atoms with Gasteiger partial charge < -0.3 is 15.0 Å². The molecule has 0 saturated carbocycles. The first-order valence-corrected chi connectivity index (χ1v) is 7.85. The quantitative estimate of drug-likeness (QED) is 0.937. The first-order chi connectivity index (χ1) is 11.6. The van der Waals surface area contributed by atoms with Gasteiger partial charge in [-0.25, -0.2) is 4.98 Å². The van der Waals surface area contributed by atoms with Gasteiger partial charge in [-0.05, 0) is 37.6 Å². The van der Waals surface area contributed by atoms with E-state index in [0.717, 1.165) is 5.56 Å². The second-order valence-corrected chi connectivity index (χ2v) is 5.68. The molecule has 0 radical (unpaired) electrons. The average molecular weight is 325 g/mol. The van der Waals surface area contributed by atoms with Crippen molar-refractivity contribution < 1.29 is 14.3 Å². The number of fused-ring (bicyclic) bond motifs is 1. The molecule has 1 N–H and O–H groups in total. The van der Waals surface area contributed by atoms with Crippen molar-refractivity contribution in [1.82, 2.24) is 4.98 Å². The van der Waals surface area contributed by atoms with Crippen molar-refractivity contribution in [1.29, 1.82) is 0 Å². The van der Waals surface area contributed by atoms with Gasteiger partial charge in [0.25, 0.3) is 5.91 Å². The lowest BCUT2D eigenvalue weighted by atomic mass is 10.1. The fraction of sp³-hybridized carbons (Fsp3) is 0.278. The van der Waals surface area contributed by atoms with Crippen LogP contribution in [-0.4, -0.2) is 29.4 Å². The van der Waals surface area contributed by atoms with Gasteiger partial charge in [-0.3, -0.25) is 9.59 Å². The van der Waals surface area contributed by atoms with Crippen molar-refractivity contribution in [3.8, 4) is 5.75 Å². The summed E-state index contributed by atoms with van der Waals surface area (Å²) in [6, 6.07) is 11.0. The predicted octanol–water partition coefficient (Wildman–Crippen LogP) is 2.53. The van der Waals surface area contributed by atoms with Crippen LogP contribution >= 0.6 is 0 Å². The summed E-state index contributed by atoms with van der Waals surface area (Å²) in [4.78, 5) is 30.3. The Morgan fingerprint density at radius 1 is 1.29 bits per heavy atom. The number of carbonyl (C=O) groups is 2. The summed E-state index contributed by atoms with van der Waals surface area (Å²) in [5.74, 6) is 0.881. The number of benzene rings is 1. The van der Waals surface area contributed by atoms with Crippen LogP contribution in [0, 0.1) is 6.92 Å². The Hall–Kier alpha value is -2.89. The first kappa shape index (κ1) is 16.0. The Morgan fingerprint density at radius 2 is 2.08 bits per heavy atom. The highest BCUT2D eigenvalue weighted by atomic mass is 16.5. The molecule has 1 aliphatic heterocycles. The van der Waals surface area contributed by atoms with Crippen LogP contribution in [0.25, 0.3) is 0 Å². The number of aryl methyl sites for hydroxylation is 1. The third-order valence-electron chi connectivity index (χ3n) is 3.90. The molecule has 6 heteroatoms. The molecule has 0 fully saturated rings. The number of para-hydroxylation sites is 2. The van der Waals surface area contributed by atoms with Crippen molar-refractivity contribution >= 4 is 23.3 Å². The molecule has 0 saturated heterocycles. The van der Waals surface area contributed by atoms with Crippen LogP contribution in [0.3, 0.4) is 0 Å². The number of nitrogens with zero attached hydrogens (tertiary/aromatic N) is 2. The number of anilines is 2. The second-order valence-electron chi connectivity index (χ2n) is 5.68. The van der Waals surface area contributed by atoms with E-state index in [0.29, 0.717) is 23.8 Å². The Kier molecular flexibility index (Phi) is 4.46. The molecule has 0 aliphatic carbocycles. The van der Waals surface area contributed by atoms with Gasteiger partial charge in [0.15, 0.2) is 6.10 Å². The van der Waals surface area contributed by atoms with Crippen molar-refractivity contribution in [2.45, 2.75) is 26.4 Å². The summed E-state index contributed by atoms with van der Waals surface area (Å²) in [5, 5.41) is 2.78. The number of pyridine rings is 1. The molecule has 1 aromatic heterocycles. The van der Waals surface area contributed by atoms with Crippen LogP contribution in [-0.2, 0) is 9.59 Å². The van der Waals surface area contributed by atoms with E-state index in [1.54, 1.807) is 18.0 Å². The number of aromatic nitrogens is 1. The van der Waals surface area contributed by atoms with Gasteiger partial charge >= 0.3 is 0 Å². The van der Waals surface area contributed by atoms with Gasteiger partial charge in [-0.1, -0.05) is 18.2 Å². The second kappa shape index (κ2) is 6.70. The molecule has 1 atom stereocenters. The maximum absolute atomic E-state index is 12.4. The van der Waals surface area contributed by atoms with E-state index in [4.69, 9.17) is 4.74 Å². The monoisotopic (exact) mass is 325 g/mol. The van der Waals surface area contributed by atoms with Gasteiger partial charge in [-0.2, -0.15) is 0 Å². The number of carbonyl (C=O) groups excluding carboxylic acids is 2. The summed E-state index contributed by atoms with van der Waals surface area (Å²) >= 11 is 0. The van der Waals surface area contributed by atoms with E-state index in [9.17, 15) is 9.59 Å². The Bertz CT molecular complexity index is 776. The molecule has 0 bridgehead atoms. The van der Waals surface area contributed by atoms with Crippen molar-refractivity contribution in [2.24, 2.45) is 0 Å². The number of nitrogens with one attached hydrogen (secondary N) is 1. The SMILES string of the molecule is Cc1cccnc1NC(=O)CCN1C(=O)[C@@H](C)Oc2ccccc21. The number of hydrogen-bond acceptors (Lipinski definition) is 4. The molecule has 1 aliphatic rings. The molecular formula is C18H19N3O3. The zero-order chi connectivity index (χ0) is 17.1.